The second-order valence-electron chi connectivity index (χ2n) is 5.83. The summed E-state index contributed by atoms with van der Waals surface area (Å²) in [5.74, 6) is -0.113. The zero-order valence-corrected chi connectivity index (χ0v) is 14.8. The molecule has 1 aromatic heterocycles. The number of fused-ring (bicyclic) bond motifs is 1. The Hall–Kier alpha value is -3.74. The number of hydrogen-bond acceptors (Lipinski definition) is 4. The van der Waals surface area contributed by atoms with E-state index < -0.39 is 0 Å². The Bertz CT molecular complexity index is 989. The molecule has 3 aromatic rings. The molecule has 2 N–H and O–H groups in total. The lowest BCUT2D eigenvalue weighted by Crippen LogP contribution is -2.22. The number of benzene rings is 2. The number of para-hydroxylation sites is 2. The molecule has 0 aliphatic rings. The summed E-state index contributed by atoms with van der Waals surface area (Å²) in [5.41, 5.74) is 2.87. The summed E-state index contributed by atoms with van der Waals surface area (Å²) >= 11 is 0. The average Bonchev–Trinajstić information content (AvgIpc) is 3.07. The lowest BCUT2D eigenvalue weighted by Gasteiger charge is -2.15. The van der Waals surface area contributed by atoms with E-state index in [2.05, 4.69) is 27.0 Å². The molecule has 0 bridgehead atoms. The van der Waals surface area contributed by atoms with Crippen molar-refractivity contribution in [3.8, 4) is 0 Å². The summed E-state index contributed by atoms with van der Waals surface area (Å²) in [7, 11) is 0. The number of hydrazone groups is 1. The third-order valence-electron chi connectivity index (χ3n) is 3.82. The van der Waals surface area contributed by atoms with Gasteiger partial charge in [-0.25, -0.2) is 9.99 Å². The van der Waals surface area contributed by atoms with Crippen LogP contribution in [0.5, 0.6) is 0 Å². The van der Waals surface area contributed by atoms with Gasteiger partial charge in [-0.15, -0.1) is 0 Å². The Morgan fingerprint density at radius 3 is 2.81 bits per heavy atom. The molecular formula is C20H19N5O2. The highest BCUT2D eigenvalue weighted by Gasteiger charge is 2.12. The molecule has 0 aliphatic carbocycles. The SMILES string of the molecule is C=C/C=N\N(Cc1cccc(C(=O)Nc2nc3ccccc3[nH]2)c1)C(C)=O. The number of carbonyl (C=O) groups is 2. The highest BCUT2D eigenvalue weighted by molar-refractivity contribution is 6.04. The van der Waals surface area contributed by atoms with E-state index in [1.54, 1.807) is 18.2 Å². The second-order valence-corrected chi connectivity index (χ2v) is 5.83. The first-order valence-electron chi connectivity index (χ1n) is 8.35. The molecular weight excluding hydrogens is 342 g/mol. The molecule has 2 aromatic carbocycles. The number of rotatable bonds is 6. The lowest BCUT2D eigenvalue weighted by molar-refractivity contribution is -0.129. The maximum Gasteiger partial charge on any atom is 0.257 e. The van der Waals surface area contributed by atoms with Crippen LogP contribution in [0.1, 0.15) is 22.8 Å². The van der Waals surface area contributed by atoms with Crippen LogP contribution in [0, 0.1) is 0 Å². The van der Waals surface area contributed by atoms with Gasteiger partial charge < -0.3 is 4.98 Å². The van der Waals surface area contributed by atoms with Crippen molar-refractivity contribution < 1.29 is 9.59 Å². The van der Waals surface area contributed by atoms with Gasteiger partial charge in [0.05, 0.1) is 17.6 Å². The number of allylic oxidation sites excluding steroid dienone is 1. The molecule has 0 saturated carbocycles. The molecule has 0 unspecified atom stereocenters. The summed E-state index contributed by atoms with van der Waals surface area (Å²) in [6.07, 6.45) is 2.94. The quantitative estimate of drug-likeness (QED) is 0.521. The van der Waals surface area contributed by atoms with E-state index in [0.29, 0.717) is 11.5 Å². The molecule has 7 nitrogen and oxygen atoms in total. The Morgan fingerprint density at radius 1 is 1.26 bits per heavy atom. The van der Waals surface area contributed by atoms with Crippen molar-refractivity contribution >= 4 is 35.0 Å². The van der Waals surface area contributed by atoms with E-state index in [9.17, 15) is 9.59 Å². The van der Waals surface area contributed by atoms with Gasteiger partial charge in [0, 0.05) is 18.7 Å². The summed E-state index contributed by atoms with van der Waals surface area (Å²) in [4.78, 5) is 31.6. The van der Waals surface area contributed by atoms with Crippen LogP contribution in [0.25, 0.3) is 11.0 Å². The molecule has 0 atom stereocenters. The number of aromatic amines is 1. The number of hydrogen-bond donors (Lipinski definition) is 2. The van der Waals surface area contributed by atoms with Gasteiger partial charge >= 0.3 is 0 Å². The van der Waals surface area contributed by atoms with Gasteiger partial charge in [-0.2, -0.15) is 5.10 Å². The van der Waals surface area contributed by atoms with Crippen LogP contribution in [0.4, 0.5) is 5.95 Å². The van der Waals surface area contributed by atoms with Gasteiger partial charge in [-0.05, 0) is 35.9 Å². The smallest absolute Gasteiger partial charge is 0.257 e. The Balaban J connectivity index is 1.75. The Morgan fingerprint density at radius 2 is 2.07 bits per heavy atom. The zero-order valence-electron chi connectivity index (χ0n) is 14.8. The van der Waals surface area contributed by atoms with Gasteiger partial charge in [0.25, 0.3) is 5.91 Å². The van der Waals surface area contributed by atoms with E-state index in [0.717, 1.165) is 16.6 Å². The van der Waals surface area contributed by atoms with Crippen molar-refractivity contribution in [3.63, 3.8) is 0 Å². The number of aromatic nitrogens is 2. The molecule has 0 spiro atoms. The molecule has 0 fully saturated rings. The van der Waals surface area contributed by atoms with Crippen LogP contribution >= 0.6 is 0 Å². The van der Waals surface area contributed by atoms with E-state index in [4.69, 9.17) is 0 Å². The van der Waals surface area contributed by atoms with Crippen LogP contribution < -0.4 is 5.32 Å². The minimum atomic E-state index is -0.292. The zero-order chi connectivity index (χ0) is 19.2. The summed E-state index contributed by atoms with van der Waals surface area (Å²) < 4.78 is 0. The monoisotopic (exact) mass is 361 g/mol. The first-order chi connectivity index (χ1) is 13.1. The molecule has 0 saturated heterocycles. The third kappa shape index (κ3) is 4.46. The largest absolute Gasteiger partial charge is 0.324 e. The van der Waals surface area contributed by atoms with Crippen LogP contribution in [-0.4, -0.2) is 33.0 Å². The molecule has 7 heteroatoms. The summed E-state index contributed by atoms with van der Waals surface area (Å²) in [6, 6.07) is 14.5. The lowest BCUT2D eigenvalue weighted by atomic mass is 10.1. The normalized spacial score (nSPS) is 10.9. The Kier molecular flexibility index (Phi) is 5.41. The molecule has 3 rings (SSSR count). The maximum atomic E-state index is 12.5. The number of nitrogens with zero attached hydrogens (tertiary/aromatic N) is 3. The van der Waals surface area contributed by atoms with Gasteiger partial charge in [-0.1, -0.05) is 30.8 Å². The predicted octanol–water partition coefficient (Wildman–Crippen LogP) is 3.34. The van der Waals surface area contributed by atoms with E-state index in [-0.39, 0.29) is 18.4 Å². The highest BCUT2D eigenvalue weighted by atomic mass is 16.2. The number of anilines is 1. The fraction of sp³-hybridized carbons (Fsp3) is 0.100. The van der Waals surface area contributed by atoms with Crippen molar-refractivity contribution in [3.05, 3.63) is 72.3 Å². The summed E-state index contributed by atoms with van der Waals surface area (Å²) in [5, 5.41) is 8.09. The minimum Gasteiger partial charge on any atom is -0.324 e. The van der Waals surface area contributed by atoms with Gasteiger partial charge in [0.2, 0.25) is 11.9 Å². The molecule has 2 amide bonds. The molecule has 27 heavy (non-hydrogen) atoms. The van der Waals surface area contributed by atoms with E-state index >= 15 is 0 Å². The topological polar surface area (TPSA) is 90.4 Å². The predicted molar refractivity (Wildman–Crippen MR) is 105 cm³/mol. The van der Waals surface area contributed by atoms with E-state index in [1.165, 1.54) is 24.2 Å². The van der Waals surface area contributed by atoms with Crippen molar-refractivity contribution in [2.75, 3.05) is 5.32 Å². The standard InChI is InChI=1S/C20H19N5O2/c1-3-11-21-25(14(2)26)13-15-7-6-8-16(12-15)19(27)24-20-22-17-9-4-5-10-18(17)23-20/h3-12H,1,13H2,2H3,(H2,22,23,24,27)/b21-11-. The minimum absolute atomic E-state index is 0.203. The number of amides is 2. The summed E-state index contributed by atoms with van der Waals surface area (Å²) in [6.45, 7) is 5.23. The van der Waals surface area contributed by atoms with Crippen LogP contribution in [0.15, 0.2) is 66.3 Å². The molecule has 0 aliphatic heterocycles. The number of imidazole rings is 1. The number of nitrogens with one attached hydrogen (secondary N) is 2. The third-order valence-corrected chi connectivity index (χ3v) is 3.82. The fourth-order valence-electron chi connectivity index (χ4n) is 2.54. The van der Waals surface area contributed by atoms with Gasteiger partial charge in [0.15, 0.2) is 0 Å². The van der Waals surface area contributed by atoms with Crippen molar-refractivity contribution in [2.45, 2.75) is 13.5 Å². The van der Waals surface area contributed by atoms with Gasteiger partial charge in [0.1, 0.15) is 0 Å². The first-order valence-corrected chi connectivity index (χ1v) is 8.35. The average molecular weight is 361 g/mol. The van der Waals surface area contributed by atoms with Crippen LogP contribution in [0.2, 0.25) is 0 Å². The number of H-pyrrole nitrogens is 1. The van der Waals surface area contributed by atoms with Gasteiger partial charge in [-0.3, -0.25) is 14.9 Å². The first kappa shape index (κ1) is 18.1. The van der Waals surface area contributed by atoms with E-state index in [1.807, 2.05) is 30.3 Å². The highest BCUT2D eigenvalue weighted by Crippen LogP contribution is 2.15. The van der Waals surface area contributed by atoms with Crippen molar-refractivity contribution in [1.29, 1.82) is 0 Å². The van der Waals surface area contributed by atoms with Crippen molar-refractivity contribution in [1.82, 2.24) is 15.0 Å². The number of carbonyl (C=O) groups excluding carboxylic acids is 2. The fourth-order valence-corrected chi connectivity index (χ4v) is 2.54. The molecule has 1 heterocycles. The Labute approximate surface area is 156 Å². The maximum absolute atomic E-state index is 12.5. The molecule has 0 radical (unpaired) electrons. The van der Waals surface area contributed by atoms with Crippen molar-refractivity contribution in [2.24, 2.45) is 5.10 Å². The van der Waals surface area contributed by atoms with Crippen LogP contribution in [-0.2, 0) is 11.3 Å². The van der Waals surface area contributed by atoms with Crippen LogP contribution in [0.3, 0.4) is 0 Å². The molecule has 136 valence electrons. The second kappa shape index (κ2) is 8.09.